The summed E-state index contributed by atoms with van der Waals surface area (Å²) in [4.78, 5) is 11.6. The summed E-state index contributed by atoms with van der Waals surface area (Å²) in [6, 6.07) is 0. The average molecular weight is 163 g/mol. The van der Waals surface area contributed by atoms with E-state index in [1.165, 1.54) is 6.42 Å². The molecule has 2 nitrogen and oxygen atoms in total. The van der Waals surface area contributed by atoms with E-state index in [0.717, 1.165) is 19.4 Å². The van der Waals surface area contributed by atoms with Crippen LogP contribution in [0.15, 0.2) is 12.2 Å². The minimum atomic E-state index is 0.0272. The Morgan fingerprint density at radius 1 is 1.50 bits per heavy atom. The van der Waals surface area contributed by atoms with E-state index in [1.54, 1.807) is 0 Å². The molecular weight excluding hydrogens is 150 g/mol. The molecule has 3 rings (SSSR count). The summed E-state index contributed by atoms with van der Waals surface area (Å²) in [5, 5.41) is 2.96. The topological polar surface area (TPSA) is 29.1 Å². The van der Waals surface area contributed by atoms with Crippen molar-refractivity contribution in [1.82, 2.24) is 5.32 Å². The molecule has 1 heterocycles. The highest BCUT2D eigenvalue weighted by atomic mass is 16.2. The normalized spacial score (nSPS) is 49.2. The monoisotopic (exact) mass is 163 g/mol. The molecule has 0 aromatic rings. The minimum absolute atomic E-state index is 0.0272. The van der Waals surface area contributed by atoms with Gasteiger partial charge >= 0.3 is 0 Å². The predicted molar refractivity (Wildman–Crippen MR) is 45.4 cm³/mol. The molecule has 2 fully saturated rings. The molecule has 12 heavy (non-hydrogen) atoms. The van der Waals surface area contributed by atoms with Crippen LogP contribution in [0.4, 0.5) is 0 Å². The van der Waals surface area contributed by atoms with Crippen LogP contribution in [-0.4, -0.2) is 12.5 Å². The number of carbonyl (C=O) groups excluding carboxylic acids is 1. The summed E-state index contributed by atoms with van der Waals surface area (Å²) in [7, 11) is 0. The van der Waals surface area contributed by atoms with Crippen molar-refractivity contribution in [3.63, 3.8) is 0 Å². The van der Waals surface area contributed by atoms with Gasteiger partial charge in [0, 0.05) is 6.54 Å². The zero-order valence-electron chi connectivity index (χ0n) is 7.05. The molecule has 0 aromatic heterocycles. The fraction of sp³-hybridized carbons (Fsp3) is 0.700. The number of amides is 1. The maximum Gasteiger partial charge on any atom is 0.226 e. The van der Waals surface area contributed by atoms with Crippen LogP contribution in [0.5, 0.6) is 0 Å². The maximum absolute atomic E-state index is 11.6. The molecule has 1 saturated heterocycles. The largest absolute Gasteiger partial charge is 0.356 e. The third kappa shape index (κ3) is 0.598. The summed E-state index contributed by atoms with van der Waals surface area (Å²) >= 11 is 0. The smallest absolute Gasteiger partial charge is 0.226 e. The Morgan fingerprint density at radius 3 is 2.92 bits per heavy atom. The van der Waals surface area contributed by atoms with Crippen molar-refractivity contribution in [2.45, 2.75) is 19.3 Å². The average Bonchev–Trinajstić information content (AvgIpc) is 2.69. The third-order valence-electron chi connectivity index (χ3n) is 3.82. The highest BCUT2D eigenvalue weighted by Crippen LogP contribution is 2.55. The van der Waals surface area contributed by atoms with Gasteiger partial charge < -0.3 is 5.32 Å². The molecule has 3 atom stereocenters. The minimum Gasteiger partial charge on any atom is -0.356 e. The van der Waals surface area contributed by atoms with Crippen LogP contribution in [0.25, 0.3) is 0 Å². The van der Waals surface area contributed by atoms with Crippen LogP contribution < -0.4 is 5.32 Å². The van der Waals surface area contributed by atoms with E-state index in [-0.39, 0.29) is 5.41 Å². The van der Waals surface area contributed by atoms with E-state index in [2.05, 4.69) is 17.5 Å². The number of nitrogens with one attached hydrogen (secondary N) is 1. The predicted octanol–water partition coefficient (Wildman–Crippen LogP) is 1.09. The molecule has 3 unspecified atom stereocenters. The van der Waals surface area contributed by atoms with Gasteiger partial charge in [-0.05, 0) is 31.1 Å². The lowest BCUT2D eigenvalue weighted by atomic mass is 9.74. The van der Waals surface area contributed by atoms with Crippen molar-refractivity contribution >= 4 is 5.91 Å². The van der Waals surface area contributed by atoms with E-state index in [4.69, 9.17) is 0 Å². The summed E-state index contributed by atoms with van der Waals surface area (Å²) < 4.78 is 0. The van der Waals surface area contributed by atoms with Gasteiger partial charge in [-0.3, -0.25) is 4.79 Å². The number of carbonyl (C=O) groups is 1. The lowest BCUT2D eigenvalue weighted by Crippen LogP contribution is -2.34. The van der Waals surface area contributed by atoms with Gasteiger partial charge in [-0.2, -0.15) is 0 Å². The van der Waals surface area contributed by atoms with Crippen molar-refractivity contribution in [2.24, 2.45) is 17.3 Å². The van der Waals surface area contributed by atoms with Gasteiger partial charge in [0.05, 0.1) is 5.41 Å². The molecule has 2 heteroatoms. The van der Waals surface area contributed by atoms with Crippen LogP contribution in [0, 0.1) is 17.3 Å². The summed E-state index contributed by atoms with van der Waals surface area (Å²) in [6.07, 6.45) is 7.96. The standard InChI is InChI=1S/C10H13NO/c12-9-10(3-4-11-9)6-7-1-2-8(10)5-7/h1-2,7-8H,3-6H2,(H,11,12). The molecule has 3 aliphatic rings. The first-order valence-electron chi connectivity index (χ1n) is 4.78. The fourth-order valence-electron chi connectivity index (χ4n) is 3.19. The molecule has 1 saturated carbocycles. The first-order valence-corrected chi connectivity index (χ1v) is 4.78. The second kappa shape index (κ2) is 1.93. The van der Waals surface area contributed by atoms with Gasteiger partial charge in [0.25, 0.3) is 0 Å². The zero-order valence-corrected chi connectivity index (χ0v) is 7.05. The van der Waals surface area contributed by atoms with E-state index in [0.29, 0.717) is 17.7 Å². The second-order valence-electron chi connectivity index (χ2n) is 4.35. The van der Waals surface area contributed by atoms with Gasteiger partial charge in [0.15, 0.2) is 0 Å². The summed E-state index contributed by atoms with van der Waals surface area (Å²) in [6.45, 7) is 0.899. The highest BCUT2D eigenvalue weighted by Gasteiger charge is 2.54. The van der Waals surface area contributed by atoms with Crippen molar-refractivity contribution in [3.8, 4) is 0 Å². The van der Waals surface area contributed by atoms with Gasteiger partial charge in [0.2, 0.25) is 5.91 Å². The van der Waals surface area contributed by atoms with Crippen molar-refractivity contribution < 1.29 is 4.79 Å². The Bertz CT molecular complexity index is 271. The Kier molecular flexibility index (Phi) is 1.07. The lowest BCUT2D eigenvalue weighted by molar-refractivity contribution is -0.128. The Hall–Kier alpha value is -0.790. The van der Waals surface area contributed by atoms with Gasteiger partial charge in [-0.1, -0.05) is 12.2 Å². The molecule has 0 aromatic carbocycles. The Labute approximate surface area is 72.0 Å². The molecular formula is C10H13NO. The van der Waals surface area contributed by atoms with Crippen LogP contribution in [0.1, 0.15) is 19.3 Å². The molecule has 1 spiro atoms. The van der Waals surface area contributed by atoms with Crippen LogP contribution >= 0.6 is 0 Å². The molecule has 1 aliphatic heterocycles. The number of rotatable bonds is 0. The van der Waals surface area contributed by atoms with Crippen molar-refractivity contribution in [3.05, 3.63) is 12.2 Å². The van der Waals surface area contributed by atoms with E-state index >= 15 is 0 Å². The molecule has 2 aliphatic carbocycles. The van der Waals surface area contributed by atoms with E-state index in [9.17, 15) is 4.79 Å². The number of allylic oxidation sites excluding steroid dienone is 2. The SMILES string of the molecule is O=C1NCCC12CC1C=CC2C1. The van der Waals surface area contributed by atoms with Gasteiger partial charge in [0.1, 0.15) is 0 Å². The first-order chi connectivity index (χ1) is 5.81. The lowest BCUT2D eigenvalue weighted by Gasteiger charge is -2.27. The molecule has 2 bridgehead atoms. The Morgan fingerprint density at radius 2 is 2.42 bits per heavy atom. The third-order valence-corrected chi connectivity index (χ3v) is 3.82. The van der Waals surface area contributed by atoms with Gasteiger partial charge in [-0.15, -0.1) is 0 Å². The molecule has 0 radical (unpaired) electrons. The van der Waals surface area contributed by atoms with Gasteiger partial charge in [-0.25, -0.2) is 0 Å². The summed E-state index contributed by atoms with van der Waals surface area (Å²) in [5.41, 5.74) is 0.0272. The second-order valence-corrected chi connectivity index (χ2v) is 4.35. The fourth-order valence-corrected chi connectivity index (χ4v) is 3.19. The van der Waals surface area contributed by atoms with E-state index < -0.39 is 0 Å². The Balaban J connectivity index is 2.02. The zero-order chi connectivity index (χ0) is 8.18. The van der Waals surface area contributed by atoms with Crippen molar-refractivity contribution in [2.75, 3.05) is 6.54 Å². The first kappa shape index (κ1) is 6.70. The highest BCUT2D eigenvalue weighted by molar-refractivity contribution is 5.86. The quantitative estimate of drug-likeness (QED) is 0.532. The molecule has 1 N–H and O–H groups in total. The number of hydrogen-bond donors (Lipinski definition) is 1. The molecule has 1 amide bonds. The summed E-state index contributed by atoms with van der Waals surface area (Å²) in [5.74, 6) is 1.59. The molecule has 64 valence electrons. The maximum atomic E-state index is 11.6. The number of hydrogen-bond acceptors (Lipinski definition) is 1. The van der Waals surface area contributed by atoms with Crippen LogP contribution in [0.2, 0.25) is 0 Å². The van der Waals surface area contributed by atoms with Crippen LogP contribution in [0.3, 0.4) is 0 Å². The van der Waals surface area contributed by atoms with E-state index in [1.807, 2.05) is 0 Å². The number of fused-ring (bicyclic) bond motifs is 3. The van der Waals surface area contributed by atoms with Crippen LogP contribution in [-0.2, 0) is 4.79 Å². The van der Waals surface area contributed by atoms with Crippen molar-refractivity contribution in [1.29, 1.82) is 0 Å².